The molecule has 2 rings (SSSR count). The van der Waals surface area contributed by atoms with Gasteiger partial charge in [0.05, 0.1) is 0 Å². The summed E-state index contributed by atoms with van der Waals surface area (Å²) >= 11 is 1.59. The van der Waals surface area contributed by atoms with E-state index in [4.69, 9.17) is 0 Å². The van der Waals surface area contributed by atoms with Crippen LogP contribution in [0.3, 0.4) is 0 Å². The van der Waals surface area contributed by atoms with Crippen LogP contribution in [0.4, 0.5) is 0 Å². The molecular formula is C10H13N3S. The predicted molar refractivity (Wildman–Crippen MR) is 59.2 cm³/mol. The van der Waals surface area contributed by atoms with Crippen molar-refractivity contribution in [3.8, 4) is 10.6 Å². The quantitative estimate of drug-likeness (QED) is 0.721. The molecule has 74 valence electrons. The van der Waals surface area contributed by atoms with Crippen LogP contribution in [-0.4, -0.2) is 15.2 Å². The summed E-state index contributed by atoms with van der Waals surface area (Å²) < 4.78 is 0. The van der Waals surface area contributed by atoms with Gasteiger partial charge in [0, 0.05) is 18.0 Å². The van der Waals surface area contributed by atoms with E-state index < -0.39 is 0 Å². The smallest absolute Gasteiger partial charge is 0.147 e. The molecule has 0 saturated carbocycles. The van der Waals surface area contributed by atoms with Crippen molar-refractivity contribution in [1.29, 1.82) is 0 Å². The molecule has 0 saturated heterocycles. The van der Waals surface area contributed by atoms with Crippen molar-refractivity contribution in [2.75, 3.05) is 0 Å². The van der Waals surface area contributed by atoms with Crippen LogP contribution in [0.2, 0.25) is 0 Å². The van der Waals surface area contributed by atoms with Crippen LogP contribution in [0.25, 0.3) is 10.6 Å². The molecule has 0 spiro atoms. The maximum Gasteiger partial charge on any atom is 0.147 e. The summed E-state index contributed by atoms with van der Waals surface area (Å²) in [6.07, 6.45) is 3.51. The zero-order valence-corrected chi connectivity index (χ0v) is 9.38. The average Bonchev–Trinajstić information content (AvgIpc) is 2.69. The summed E-state index contributed by atoms with van der Waals surface area (Å²) in [6, 6.07) is 3.86. The summed E-state index contributed by atoms with van der Waals surface area (Å²) in [7, 11) is 0. The third-order valence-electron chi connectivity index (χ3n) is 1.45. The number of rotatable bonds is 1. The van der Waals surface area contributed by atoms with Gasteiger partial charge in [-0.3, -0.25) is 4.98 Å². The Labute approximate surface area is 87.9 Å². The first-order chi connectivity index (χ1) is 6.86. The Balaban J connectivity index is 0.000000461. The maximum absolute atomic E-state index is 4.03. The molecule has 2 aromatic heterocycles. The molecule has 4 heteroatoms. The molecule has 0 aromatic carbocycles. The lowest BCUT2D eigenvalue weighted by atomic mass is 10.3. The Bertz CT molecular complexity index is 370. The Hall–Kier alpha value is -1.29. The molecule has 0 atom stereocenters. The van der Waals surface area contributed by atoms with Crippen LogP contribution in [0.1, 0.15) is 18.9 Å². The third-order valence-corrected chi connectivity index (χ3v) is 2.34. The van der Waals surface area contributed by atoms with E-state index in [-0.39, 0.29) is 0 Å². The lowest BCUT2D eigenvalue weighted by molar-refractivity contribution is 1.05. The topological polar surface area (TPSA) is 38.7 Å². The van der Waals surface area contributed by atoms with E-state index >= 15 is 0 Å². The van der Waals surface area contributed by atoms with Crippen LogP contribution in [0, 0.1) is 6.92 Å². The molecule has 2 heterocycles. The van der Waals surface area contributed by atoms with Gasteiger partial charge in [-0.25, -0.2) is 0 Å². The maximum atomic E-state index is 4.03. The zero-order chi connectivity index (χ0) is 10.4. The van der Waals surface area contributed by atoms with E-state index in [0.717, 1.165) is 15.6 Å². The Morgan fingerprint density at radius 1 is 1.07 bits per heavy atom. The molecule has 14 heavy (non-hydrogen) atoms. The minimum atomic E-state index is 0.954. The van der Waals surface area contributed by atoms with Gasteiger partial charge in [0.15, 0.2) is 0 Å². The summed E-state index contributed by atoms with van der Waals surface area (Å²) in [5.74, 6) is 0. The van der Waals surface area contributed by atoms with Crippen molar-refractivity contribution in [3.05, 3.63) is 29.5 Å². The molecule has 0 aliphatic carbocycles. The molecule has 2 aromatic rings. The number of aryl methyl sites for hydroxylation is 1. The van der Waals surface area contributed by atoms with Crippen molar-refractivity contribution < 1.29 is 0 Å². The predicted octanol–water partition coefficient (Wildman–Crippen LogP) is 2.93. The van der Waals surface area contributed by atoms with E-state index in [0.29, 0.717) is 0 Å². The molecule has 0 fully saturated rings. The number of nitrogens with zero attached hydrogens (tertiary/aromatic N) is 3. The summed E-state index contributed by atoms with van der Waals surface area (Å²) in [4.78, 5) is 3.93. The molecule has 3 nitrogen and oxygen atoms in total. The monoisotopic (exact) mass is 207 g/mol. The molecule has 0 amide bonds. The van der Waals surface area contributed by atoms with Crippen molar-refractivity contribution in [2.45, 2.75) is 20.8 Å². The molecule has 0 N–H and O–H groups in total. The second-order valence-corrected chi connectivity index (χ2v) is 3.54. The van der Waals surface area contributed by atoms with Gasteiger partial charge in [0.2, 0.25) is 0 Å². The highest BCUT2D eigenvalue weighted by molar-refractivity contribution is 7.14. The standard InChI is InChI=1S/C8H7N3S.C2H6/c1-6-10-11-8(12-6)7-2-4-9-5-3-7;1-2/h2-5H,1H3;1-2H3. The lowest BCUT2D eigenvalue weighted by Crippen LogP contribution is -1.76. The van der Waals surface area contributed by atoms with Crippen molar-refractivity contribution in [3.63, 3.8) is 0 Å². The molecule has 0 bridgehead atoms. The zero-order valence-electron chi connectivity index (χ0n) is 8.56. The van der Waals surface area contributed by atoms with E-state index in [9.17, 15) is 0 Å². The van der Waals surface area contributed by atoms with Crippen LogP contribution < -0.4 is 0 Å². The largest absolute Gasteiger partial charge is 0.265 e. The Morgan fingerprint density at radius 3 is 2.21 bits per heavy atom. The van der Waals surface area contributed by atoms with Gasteiger partial charge in [0.25, 0.3) is 0 Å². The molecular weight excluding hydrogens is 194 g/mol. The fraction of sp³-hybridized carbons (Fsp3) is 0.300. The molecule has 0 aliphatic rings. The highest BCUT2D eigenvalue weighted by Crippen LogP contribution is 2.21. The van der Waals surface area contributed by atoms with Gasteiger partial charge in [-0.2, -0.15) is 0 Å². The first-order valence-corrected chi connectivity index (χ1v) is 5.38. The van der Waals surface area contributed by atoms with Gasteiger partial charge in [-0.1, -0.05) is 25.2 Å². The van der Waals surface area contributed by atoms with Crippen molar-refractivity contribution in [1.82, 2.24) is 15.2 Å². The first kappa shape index (κ1) is 10.8. The normalized spacial score (nSPS) is 9.07. The SMILES string of the molecule is CC.Cc1nnc(-c2ccncc2)s1. The summed E-state index contributed by atoms with van der Waals surface area (Å²) in [5, 5.41) is 9.91. The van der Waals surface area contributed by atoms with E-state index in [1.165, 1.54) is 0 Å². The van der Waals surface area contributed by atoms with E-state index in [1.807, 2.05) is 32.9 Å². The van der Waals surface area contributed by atoms with Crippen LogP contribution in [0.15, 0.2) is 24.5 Å². The van der Waals surface area contributed by atoms with Crippen molar-refractivity contribution >= 4 is 11.3 Å². The Morgan fingerprint density at radius 2 is 1.71 bits per heavy atom. The third kappa shape index (κ3) is 2.60. The average molecular weight is 207 g/mol. The number of pyridine rings is 1. The van der Waals surface area contributed by atoms with Gasteiger partial charge >= 0.3 is 0 Å². The van der Waals surface area contributed by atoms with Crippen molar-refractivity contribution in [2.24, 2.45) is 0 Å². The molecule has 0 aliphatic heterocycles. The highest BCUT2D eigenvalue weighted by Gasteiger charge is 2.01. The summed E-state index contributed by atoms with van der Waals surface area (Å²) in [5.41, 5.74) is 1.08. The highest BCUT2D eigenvalue weighted by atomic mass is 32.1. The molecule has 0 radical (unpaired) electrons. The summed E-state index contributed by atoms with van der Waals surface area (Å²) in [6.45, 7) is 5.95. The van der Waals surface area contributed by atoms with Gasteiger partial charge in [-0.15, -0.1) is 10.2 Å². The number of hydrogen-bond donors (Lipinski definition) is 0. The number of hydrogen-bond acceptors (Lipinski definition) is 4. The fourth-order valence-corrected chi connectivity index (χ4v) is 1.60. The number of aromatic nitrogens is 3. The van der Waals surface area contributed by atoms with E-state index in [2.05, 4.69) is 15.2 Å². The van der Waals surface area contributed by atoms with Crippen LogP contribution >= 0.6 is 11.3 Å². The van der Waals surface area contributed by atoms with Crippen LogP contribution in [0.5, 0.6) is 0 Å². The van der Waals surface area contributed by atoms with Gasteiger partial charge < -0.3 is 0 Å². The minimum Gasteiger partial charge on any atom is -0.265 e. The second kappa shape index (κ2) is 5.44. The van der Waals surface area contributed by atoms with Crippen LogP contribution in [-0.2, 0) is 0 Å². The first-order valence-electron chi connectivity index (χ1n) is 4.57. The Kier molecular flexibility index (Phi) is 4.19. The second-order valence-electron chi connectivity index (χ2n) is 2.36. The molecule has 0 unspecified atom stereocenters. The van der Waals surface area contributed by atoms with E-state index in [1.54, 1.807) is 23.7 Å². The van der Waals surface area contributed by atoms with Gasteiger partial charge in [-0.05, 0) is 19.1 Å². The van der Waals surface area contributed by atoms with Gasteiger partial charge in [0.1, 0.15) is 10.0 Å². The minimum absolute atomic E-state index is 0.954. The fourth-order valence-electron chi connectivity index (χ4n) is 0.908. The lowest BCUT2D eigenvalue weighted by Gasteiger charge is -1.90.